The Labute approximate surface area is 135 Å². The Kier molecular flexibility index (Phi) is 4.37. The minimum atomic E-state index is -2.49. The van der Waals surface area contributed by atoms with Crippen molar-refractivity contribution in [1.82, 2.24) is 9.78 Å². The van der Waals surface area contributed by atoms with Gasteiger partial charge in [0.1, 0.15) is 0 Å². The number of alkyl halides is 2. The molecule has 1 aromatic carbocycles. The molecule has 3 nitrogen and oxygen atoms in total. The molecule has 0 fully saturated rings. The lowest BCUT2D eigenvalue weighted by molar-refractivity contribution is 0.152. The highest BCUT2D eigenvalue weighted by molar-refractivity contribution is 5.73. The number of hydrogen-bond acceptors (Lipinski definition) is 2. The topological polar surface area (TPSA) is 21.1 Å². The summed E-state index contributed by atoms with van der Waals surface area (Å²) in [5.41, 5.74) is 3.62. The fourth-order valence-electron chi connectivity index (χ4n) is 3.35. The predicted molar refractivity (Wildman–Crippen MR) is 89.0 cm³/mol. The molecule has 0 amide bonds. The van der Waals surface area contributed by atoms with Crippen molar-refractivity contribution < 1.29 is 8.78 Å². The number of halogens is 2. The van der Waals surface area contributed by atoms with E-state index in [2.05, 4.69) is 23.8 Å². The first kappa shape index (κ1) is 16.0. The molecule has 1 aromatic heterocycles. The molecule has 124 valence electrons. The van der Waals surface area contributed by atoms with Crippen LogP contribution in [0.1, 0.15) is 44.2 Å². The predicted octanol–water partition coefficient (Wildman–Crippen LogP) is 4.58. The van der Waals surface area contributed by atoms with Gasteiger partial charge in [-0.25, -0.2) is 8.78 Å². The molecule has 2 aromatic rings. The fourth-order valence-corrected chi connectivity index (χ4v) is 3.35. The number of anilines is 1. The van der Waals surface area contributed by atoms with Crippen LogP contribution in [0, 0.1) is 0 Å². The smallest absolute Gasteiger partial charge is 0.264 e. The molecule has 1 atom stereocenters. The van der Waals surface area contributed by atoms with Crippen molar-refractivity contribution in [3.05, 3.63) is 35.7 Å². The third-order valence-electron chi connectivity index (χ3n) is 4.78. The largest absolute Gasteiger partial charge is 0.369 e. The summed E-state index contributed by atoms with van der Waals surface area (Å²) in [6, 6.07) is 4.01. The lowest BCUT2D eigenvalue weighted by Gasteiger charge is -2.36. The molecule has 5 heteroatoms. The zero-order valence-electron chi connectivity index (χ0n) is 13.9. The monoisotopic (exact) mass is 319 g/mol. The average molecular weight is 319 g/mol. The average Bonchev–Trinajstić information content (AvgIpc) is 2.98. The van der Waals surface area contributed by atoms with Gasteiger partial charge in [0.2, 0.25) is 0 Å². The Morgan fingerprint density at radius 3 is 2.70 bits per heavy atom. The van der Waals surface area contributed by atoms with E-state index in [0.717, 1.165) is 37.1 Å². The highest BCUT2D eigenvalue weighted by Crippen LogP contribution is 2.39. The van der Waals surface area contributed by atoms with Crippen LogP contribution in [0.2, 0.25) is 0 Å². The third-order valence-corrected chi connectivity index (χ3v) is 4.78. The third kappa shape index (κ3) is 2.96. The second kappa shape index (κ2) is 6.30. The quantitative estimate of drug-likeness (QED) is 0.823. The highest BCUT2D eigenvalue weighted by atomic mass is 19.3. The van der Waals surface area contributed by atoms with Crippen molar-refractivity contribution in [2.75, 3.05) is 11.4 Å². The van der Waals surface area contributed by atoms with Gasteiger partial charge >= 0.3 is 0 Å². The summed E-state index contributed by atoms with van der Waals surface area (Å²) in [5, 5.41) is 4.12. The first-order valence-electron chi connectivity index (χ1n) is 8.22. The molecule has 0 radical (unpaired) electrons. The van der Waals surface area contributed by atoms with Crippen LogP contribution >= 0.6 is 0 Å². The fraction of sp³-hybridized carbons (Fsp3) is 0.500. The molecule has 0 saturated carbocycles. The second-order valence-corrected chi connectivity index (χ2v) is 6.33. The Bertz CT molecular complexity index is 694. The minimum Gasteiger partial charge on any atom is -0.369 e. The van der Waals surface area contributed by atoms with E-state index in [1.807, 2.05) is 6.07 Å². The van der Waals surface area contributed by atoms with E-state index >= 15 is 0 Å². The van der Waals surface area contributed by atoms with Crippen LogP contribution in [-0.2, 0) is 13.5 Å². The second-order valence-electron chi connectivity index (χ2n) is 6.33. The molecule has 0 aliphatic carbocycles. The summed E-state index contributed by atoms with van der Waals surface area (Å²) in [7, 11) is 1.80. The van der Waals surface area contributed by atoms with Gasteiger partial charge in [0.25, 0.3) is 6.43 Å². The van der Waals surface area contributed by atoms with Gasteiger partial charge < -0.3 is 4.90 Å². The van der Waals surface area contributed by atoms with Crippen LogP contribution in [0.25, 0.3) is 11.1 Å². The number of aromatic nitrogens is 2. The summed E-state index contributed by atoms with van der Waals surface area (Å²) < 4.78 is 29.0. The van der Waals surface area contributed by atoms with Crippen LogP contribution in [0.4, 0.5) is 14.5 Å². The first-order valence-corrected chi connectivity index (χ1v) is 8.22. The summed E-state index contributed by atoms with van der Waals surface area (Å²) in [4.78, 5) is 2.28. The lowest BCUT2D eigenvalue weighted by Crippen LogP contribution is -2.37. The van der Waals surface area contributed by atoms with Gasteiger partial charge in [-0.2, -0.15) is 5.10 Å². The molecular formula is C18H23F2N3. The Balaban J connectivity index is 2.13. The molecule has 0 bridgehead atoms. The number of hydrogen-bond donors (Lipinski definition) is 0. The molecule has 1 unspecified atom stereocenters. The molecule has 0 spiro atoms. The molecule has 1 aliphatic heterocycles. The highest BCUT2D eigenvalue weighted by Gasteiger charge is 2.25. The van der Waals surface area contributed by atoms with Crippen molar-refractivity contribution in [3.8, 4) is 11.1 Å². The molecular weight excluding hydrogens is 296 g/mol. The van der Waals surface area contributed by atoms with E-state index in [1.165, 1.54) is 5.56 Å². The number of aryl methyl sites for hydroxylation is 2. The van der Waals surface area contributed by atoms with Gasteiger partial charge in [0.05, 0.1) is 6.20 Å². The number of rotatable bonds is 4. The molecule has 1 aliphatic rings. The van der Waals surface area contributed by atoms with Crippen LogP contribution in [0.3, 0.4) is 0 Å². The molecule has 0 saturated heterocycles. The lowest BCUT2D eigenvalue weighted by atomic mass is 9.92. The van der Waals surface area contributed by atoms with Gasteiger partial charge in [0, 0.05) is 42.6 Å². The number of nitrogens with zero attached hydrogens (tertiary/aromatic N) is 3. The first-order chi connectivity index (χ1) is 11.0. The summed E-state index contributed by atoms with van der Waals surface area (Å²) in [6.45, 7) is 5.24. The maximum Gasteiger partial charge on any atom is 0.264 e. The molecule has 3 rings (SSSR count). The van der Waals surface area contributed by atoms with E-state index in [4.69, 9.17) is 0 Å². The maximum atomic E-state index is 13.7. The maximum absolute atomic E-state index is 13.7. The Morgan fingerprint density at radius 2 is 2.09 bits per heavy atom. The van der Waals surface area contributed by atoms with E-state index in [0.29, 0.717) is 11.6 Å². The SMILES string of the molecule is CCC(C)N1CCCc2cc(-c3cnn(C)c3)c(C(F)F)cc21. The summed E-state index contributed by atoms with van der Waals surface area (Å²) >= 11 is 0. The van der Waals surface area contributed by atoms with E-state index in [9.17, 15) is 8.78 Å². The van der Waals surface area contributed by atoms with Crippen LogP contribution in [0.15, 0.2) is 24.5 Å². The van der Waals surface area contributed by atoms with Crippen LogP contribution in [-0.4, -0.2) is 22.4 Å². The Hall–Kier alpha value is -1.91. The van der Waals surface area contributed by atoms with Gasteiger partial charge in [-0.05, 0) is 49.4 Å². The number of benzene rings is 1. The van der Waals surface area contributed by atoms with Crippen molar-refractivity contribution >= 4 is 5.69 Å². The standard InChI is InChI=1S/C18H23F2N3/c1-4-12(2)23-7-5-6-13-8-15(14-10-21-22(3)11-14)16(18(19)20)9-17(13)23/h8-12,18H,4-7H2,1-3H3. The zero-order chi connectivity index (χ0) is 16.6. The summed E-state index contributed by atoms with van der Waals surface area (Å²) in [5.74, 6) is 0. The number of fused-ring (bicyclic) bond motifs is 1. The van der Waals surface area contributed by atoms with E-state index < -0.39 is 6.43 Å². The van der Waals surface area contributed by atoms with Crippen molar-refractivity contribution in [3.63, 3.8) is 0 Å². The van der Waals surface area contributed by atoms with Crippen molar-refractivity contribution in [2.24, 2.45) is 7.05 Å². The van der Waals surface area contributed by atoms with Crippen LogP contribution < -0.4 is 4.90 Å². The van der Waals surface area contributed by atoms with Crippen molar-refractivity contribution in [2.45, 2.75) is 45.6 Å². The van der Waals surface area contributed by atoms with Crippen LogP contribution in [0.5, 0.6) is 0 Å². The van der Waals surface area contributed by atoms with Gasteiger partial charge in [-0.15, -0.1) is 0 Å². The van der Waals surface area contributed by atoms with Crippen molar-refractivity contribution in [1.29, 1.82) is 0 Å². The van der Waals surface area contributed by atoms with Gasteiger partial charge in [-0.3, -0.25) is 4.68 Å². The molecule has 2 heterocycles. The van der Waals surface area contributed by atoms with E-state index in [-0.39, 0.29) is 5.56 Å². The minimum absolute atomic E-state index is 0.104. The summed E-state index contributed by atoms with van der Waals surface area (Å²) in [6.07, 6.45) is 3.98. The normalized spacial score (nSPS) is 15.8. The molecule has 23 heavy (non-hydrogen) atoms. The van der Waals surface area contributed by atoms with Gasteiger partial charge in [-0.1, -0.05) is 6.92 Å². The zero-order valence-corrected chi connectivity index (χ0v) is 13.9. The molecule has 0 N–H and O–H groups in total. The van der Waals surface area contributed by atoms with Gasteiger partial charge in [0.15, 0.2) is 0 Å². The Morgan fingerprint density at radius 1 is 1.30 bits per heavy atom. The van der Waals surface area contributed by atoms with E-state index in [1.54, 1.807) is 30.2 Å².